The zero-order valence-electron chi connectivity index (χ0n) is 21.2. The van der Waals surface area contributed by atoms with Crippen molar-refractivity contribution in [2.24, 2.45) is 0 Å². The molecule has 0 radical (unpaired) electrons. The highest BCUT2D eigenvalue weighted by molar-refractivity contribution is 6.27. The lowest BCUT2D eigenvalue weighted by molar-refractivity contribution is -0.137. The van der Waals surface area contributed by atoms with Crippen LogP contribution in [0.4, 0.5) is 35.2 Å². The van der Waals surface area contributed by atoms with Gasteiger partial charge in [-0.2, -0.15) is 13.2 Å². The van der Waals surface area contributed by atoms with Crippen molar-refractivity contribution in [3.05, 3.63) is 96.1 Å². The third-order valence-electron chi connectivity index (χ3n) is 6.18. The summed E-state index contributed by atoms with van der Waals surface area (Å²) in [6.07, 6.45) is -0.977. The minimum absolute atomic E-state index is 0.119. The first kappa shape index (κ1) is 26.6. The molecule has 0 atom stereocenters. The van der Waals surface area contributed by atoms with Crippen molar-refractivity contribution in [3.8, 4) is 11.6 Å². The fraction of sp³-hybridized carbons (Fsp3) is 0.179. The van der Waals surface area contributed by atoms with Crippen LogP contribution in [0.3, 0.4) is 0 Å². The van der Waals surface area contributed by atoms with Crippen LogP contribution >= 0.6 is 0 Å². The summed E-state index contributed by atoms with van der Waals surface area (Å²) in [6, 6.07) is 16.3. The number of nitrogens with one attached hydrogen (secondary N) is 1. The molecule has 5 rings (SSSR count). The Hall–Kier alpha value is -5.00. The van der Waals surface area contributed by atoms with Crippen LogP contribution in [-0.4, -0.2) is 33.4 Å². The van der Waals surface area contributed by atoms with Crippen molar-refractivity contribution >= 4 is 29.1 Å². The number of aromatic nitrogens is 3. The molecule has 2 aromatic carbocycles. The topological polar surface area (TPSA) is 101 Å². The van der Waals surface area contributed by atoms with Gasteiger partial charge in [0, 0.05) is 18.8 Å². The Balaban J connectivity index is 1.33. The molecule has 204 valence electrons. The second-order valence-corrected chi connectivity index (χ2v) is 8.86. The maximum atomic E-state index is 13.1. The number of benzene rings is 2. The summed E-state index contributed by atoms with van der Waals surface area (Å²) in [5.41, 5.74) is 0.916. The standard InChI is InChI=1S/C28H23F3N6O3/c1-2-19-10-21(37-26(38)16-36(27(37)39)22-11-20(14-32-15-22)28(29,30)31)8-9-23(19)40-25-12-24(34-17-35-25)33-13-18-6-4-3-5-7-18/h3-12,14-15,17H,2,13,16H2,1H3,(H,33,34,35). The van der Waals surface area contributed by atoms with Crippen LogP contribution in [0.5, 0.6) is 11.6 Å². The van der Waals surface area contributed by atoms with Crippen molar-refractivity contribution in [3.63, 3.8) is 0 Å². The summed E-state index contributed by atoms with van der Waals surface area (Å²) in [4.78, 5) is 39.8. The number of urea groups is 1. The Kier molecular flexibility index (Phi) is 7.32. The van der Waals surface area contributed by atoms with E-state index >= 15 is 0 Å². The molecule has 0 aliphatic carbocycles. The number of nitrogens with zero attached hydrogens (tertiary/aromatic N) is 5. The van der Waals surface area contributed by atoms with E-state index in [9.17, 15) is 22.8 Å². The highest BCUT2D eigenvalue weighted by atomic mass is 19.4. The number of anilines is 3. The van der Waals surface area contributed by atoms with Gasteiger partial charge in [0.2, 0.25) is 5.88 Å². The maximum absolute atomic E-state index is 13.1. The highest BCUT2D eigenvalue weighted by Crippen LogP contribution is 2.34. The van der Waals surface area contributed by atoms with Crippen LogP contribution in [0.2, 0.25) is 0 Å². The predicted octanol–water partition coefficient (Wildman–Crippen LogP) is 5.83. The first-order chi connectivity index (χ1) is 19.2. The zero-order valence-corrected chi connectivity index (χ0v) is 21.2. The van der Waals surface area contributed by atoms with Gasteiger partial charge in [-0.1, -0.05) is 37.3 Å². The summed E-state index contributed by atoms with van der Waals surface area (Å²) in [5, 5.41) is 3.22. The molecule has 3 heterocycles. The molecule has 1 saturated heterocycles. The van der Waals surface area contributed by atoms with E-state index in [1.807, 2.05) is 37.3 Å². The molecule has 1 fully saturated rings. The molecule has 0 spiro atoms. The van der Waals surface area contributed by atoms with Crippen LogP contribution in [0.25, 0.3) is 0 Å². The van der Waals surface area contributed by atoms with Crippen LogP contribution in [-0.2, 0) is 23.9 Å². The monoisotopic (exact) mass is 548 g/mol. The predicted molar refractivity (Wildman–Crippen MR) is 141 cm³/mol. The molecule has 40 heavy (non-hydrogen) atoms. The third kappa shape index (κ3) is 5.70. The number of imide groups is 1. The summed E-state index contributed by atoms with van der Waals surface area (Å²) in [6.45, 7) is 2.03. The van der Waals surface area contributed by atoms with Gasteiger partial charge in [-0.05, 0) is 41.8 Å². The molecule has 1 aliphatic rings. The lowest BCUT2D eigenvalue weighted by Crippen LogP contribution is -2.33. The van der Waals surface area contributed by atoms with E-state index in [4.69, 9.17) is 4.74 Å². The number of amides is 3. The third-order valence-corrected chi connectivity index (χ3v) is 6.18. The van der Waals surface area contributed by atoms with E-state index in [1.165, 1.54) is 12.4 Å². The number of alkyl halides is 3. The number of hydrogen-bond acceptors (Lipinski definition) is 7. The molecular weight excluding hydrogens is 525 g/mol. The van der Waals surface area contributed by atoms with E-state index in [0.29, 0.717) is 42.2 Å². The Labute approximate surface area is 227 Å². The number of aryl methyl sites for hydroxylation is 1. The van der Waals surface area contributed by atoms with Crippen molar-refractivity contribution in [2.75, 3.05) is 21.7 Å². The number of rotatable bonds is 8. The zero-order chi connectivity index (χ0) is 28.3. The van der Waals surface area contributed by atoms with Crippen LogP contribution in [0, 0.1) is 0 Å². The smallest absolute Gasteiger partial charge is 0.417 e. The van der Waals surface area contributed by atoms with Gasteiger partial charge in [-0.3, -0.25) is 14.7 Å². The fourth-order valence-corrected chi connectivity index (χ4v) is 4.16. The average molecular weight is 549 g/mol. The van der Waals surface area contributed by atoms with Gasteiger partial charge in [0.15, 0.2) is 0 Å². The lowest BCUT2D eigenvalue weighted by Gasteiger charge is -2.19. The highest BCUT2D eigenvalue weighted by Gasteiger charge is 2.39. The average Bonchev–Trinajstić information content (AvgIpc) is 3.26. The molecule has 9 nitrogen and oxygen atoms in total. The number of halogens is 3. The molecule has 4 aromatic rings. The summed E-state index contributed by atoms with van der Waals surface area (Å²) in [5.74, 6) is 0.755. The molecule has 0 bridgehead atoms. The van der Waals surface area contributed by atoms with Crippen LogP contribution in [0.1, 0.15) is 23.6 Å². The first-order valence-corrected chi connectivity index (χ1v) is 12.3. The lowest BCUT2D eigenvalue weighted by atomic mass is 10.1. The second kappa shape index (κ2) is 11.0. The quantitative estimate of drug-likeness (QED) is 0.277. The van der Waals surface area contributed by atoms with Gasteiger partial charge in [0.05, 0.1) is 23.1 Å². The minimum Gasteiger partial charge on any atom is -0.439 e. The Morgan fingerprint density at radius 3 is 2.52 bits per heavy atom. The molecule has 1 N–H and O–H groups in total. The molecular formula is C28H23F3N6O3. The maximum Gasteiger partial charge on any atom is 0.417 e. The van der Waals surface area contributed by atoms with Crippen LogP contribution < -0.4 is 19.9 Å². The summed E-state index contributed by atoms with van der Waals surface area (Å²) in [7, 11) is 0. The number of hydrogen-bond donors (Lipinski definition) is 1. The SMILES string of the molecule is CCc1cc(N2C(=O)CN(c3cncc(C(F)(F)F)c3)C2=O)ccc1Oc1cc(NCc2ccccc2)ncn1. The van der Waals surface area contributed by atoms with Crippen molar-refractivity contribution in [1.29, 1.82) is 0 Å². The van der Waals surface area contributed by atoms with E-state index in [0.717, 1.165) is 27.6 Å². The van der Waals surface area contributed by atoms with Gasteiger partial charge in [0.25, 0.3) is 5.91 Å². The molecule has 3 amide bonds. The molecule has 1 aliphatic heterocycles. The van der Waals surface area contributed by atoms with Crippen molar-refractivity contribution in [1.82, 2.24) is 15.0 Å². The van der Waals surface area contributed by atoms with Crippen molar-refractivity contribution in [2.45, 2.75) is 26.1 Å². The second-order valence-electron chi connectivity index (χ2n) is 8.86. The number of carbonyl (C=O) groups excluding carboxylic acids is 2. The van der Waals surface area contributed by atoms with E-state index in [-0.39, 0.29) is 11.4 Å². The van der Waals surface area contributed by atoms with Gasteiger partial charge in [0.1, 0.15) is 24.4 Å². The largest absolute Gasteiger partial charge is 0.439 e. The Morgan fingerprint density at radius 1 is 0.975 bits per heavy atom. The van der Waals surface area contributed by atoms with Gasteiger partial charge in [-0.15, -0.1) is 0 Å². The number of pyridine rings is 1. The van der Waals surface area contributed by atoms with Crippen molar-refractivity contribution < 1.29 is 27.5 Å². The summed E-state index contributed by atoms with van der Waals surface area (Å²) >= 11 is 0. The number of carbonyl (C=O) groups is 2. The van der Waals surface area contributed by atoms with Gasteiger partial charge < -0.3 is 10.1 Å². The molecule has 0 saturated carbocycles. The number of ether oxygens (including phenoxy) is 1. The van der Waals surface area contributed by atoms with E-state index < -0.39 is 30.2 Å². The van der Waals surface area contributed by atoms with Gasteiger partial charge in [-0.25, -0.2) is 19.7 Å². The Bertz CT molecular complexity index is 1550. The molecule has 2 aromatic heterocycles. The van der Waals surface area contributed by atoms with Crippen LogP contribution in [0.15, 0.2) is 79.4 Å². The Morgan fingerprint density at radius 2 is 1.77 bits per heavy atom. The van der Waals surface area contributed by atoms with E-state index in [1.54, 1.807) is 18.2 Å². The molecule has 0 unspecified atom stereocenters. The summed E-state index contributed by atoms with van der Waals surface area (Å²) < 4.78 is 45.4. The first-order valence-electron chi connectivity index (χ1n) is 12.3. The van der Waals surface area contributed by atoms with E-state index in [2.05, 4.69) is 20.3 Å². The van der Waals surface area contributed by atoms with Gasteiger partial charge >= 0.3 is 12.2 Å². The normalized spacial score (nSPS) is 13.6. The minimum atomic E-state index is -4.64. The molecule has 12 heteroatoms. The fourth-order valence-electron chi connectivity index (χ4n) is 4.16.